The van der Waals surface area contributed by atoms with Gasteiger partial charge in [0.15, 0.2) is 11.5 Å². The highest BCUT2D eigenvalue weighted by Gasteiger charge is 2.37. The van der Waals surface area contributed by atoms with Gasteiger partial charge in [-0.25, -0.2) is 0 Å². The third-order valence-corrected chi connectivity index (χ3v) is 5.67. The van der Waals surface area contributed by atoms with Crippen LogP contribution in [0.5, 0.6) is 11.5 Å². The van der Waals surface area contributed by atoms with Crippen molar-refractivity contribution in [2.45, 2.75) is 26.2 Å². The van der Waals surface area contributed by atoms with E-state index in [4.69, 9.17) is 4.74 Å². The van der Waals surface area contributed by atoms with E-state index >= 15 is 0 Å². The smallest absolute Gasteiger partial charge is 0.294 e. The van der Waals surface area contributed by atoms with Crippen LogP contribution in [0.4, 0.5) is 10.5 Å². The number of carbonyl (C=O) groups is 3. The fraction of sp³-hybridized carbons (Fsp3) is 0.421. The second-order valence-electron chi connectivity index (χ2n) is 6.78. The number of phenolic OH excluding ortho intramolecular Hbond substituents is 1. The van der Waals surface area contributed by atoms with Gasteiger partial charge in [0, 0.05) is 24.7 Å². The summed E-state index contributed by atoms with van der Waals surface area (Å²) in [6.07, 6.45) is 4.02. The van der Waals surface area contributed by atoms with Crippen molar-refractivity contribution in [2.75, 3.05) is 26.2 Å². The van der Waals surface area contributed by atoms with Crippen molar-refractivity contribution in [2.24, 2.45) is 0 Å². The number of ether oxygens (including phenoxy) is 1. The summed E-state index contributed by atoms with van der Waals surface area (Å²) in [5.74, 6) is -1.45. The predicted molar refractivity (Wildman–Crippen MR) is 109 cm³/mol. The molecule has 0 aliphatic carbocycles. The van der Waals surface area contributed by atoms with Gasteiger partial charge in [0.05, 0.1) is 22.5 Å². The number of benzene rings is 1. The summed E-state index contributed by atoms with van der Waals surface area (Å²) in [5.41, 5.74) is -0.359. The maximum absolute atomic E-state index is 12.7. The lowest BCUT2D eigenvalue weighted by molar-refractivity contribution is -0.385. The van der Waals surface area contributed by atoms with Crippen LogP contribution in [0.25, 0.3) is 6.08 Å². The quantitative estimate of drug-likeness (QED) is 0.410. The molecule has 3 amide bonds. The minimum atomic E-state index is -0.681. The number of nitro groups is 1. The first kappa shape index (κ1) is 21.6. The number of amides is 3. The molecule has 30 heavy (non-hydrogen) atoms. The van der Waals surface area contributed by atoms with Gasteiger partial charge in [-0.3, -0.25) is 29.4 Å². The van der Waals surface area contributed by atoms with Crippen molar-refractivity contribution < 1.29 is 29.2 Å². The van der Waals surface area contributed by atoms with Crippen LogP contribution in [0.2, 0.25) is 0 Å². The van der Waals surface area contributed by atoms with Crippen molar-refractivity contribution >= 4 is 40.6 Å². The summed E-state index contributed by atoms with van der Waals surface area (Å²) < 4.78 is 5.22. The lowest BCUT2D eigenvalue weighted by Crippen LogP contribution is -2.44. The average Bonchev–Trinajstić information content (AvgIpc) is 2.98. The summed E-state index contributed by atoms with van der Waals surface area (Å²) in [7, 11) is 0. The highest BCUT2D eigenvalue weighted by molar-refractivity contribution is 8.18. The molecule has 1 aromatic rings. The van der Waals surface area contributed by atoms with E-state index in [1.807, 2.05) is 0 Å². The fourth-order valence-corrected chi connectivity index (χ4v) is 4.08. The molecular weight excluding hydrogens is 414 g/mol. The SMILES string of the molecule is CCOc1cc([N+](=O)[O-])cc(/C=C2\SC(=O)N(CC(=O)N3CCCCC3)C2=O)c1O. The van der Waals surface area contributed by atoms with E-state index < -0.39 is 16.1 Å². The van der Waals surface area contributed by atoms with Crippen LogP contribution in [0.3, 0.4) is 0 Å². The van der Waals surface area contributed by atoms with Crippen molar-refractivity contribution in [3.8, 4) is 11.5 Å². The Labute approximate surface area is 176 Å². The molecule has 0 spiro atoms. The van der Waals surface area contributed by atoms with E-state index in [2.05, 4.69) is 0 Å². The Hall–Kier alpha value is -3.08. The number of hydrogen-bond acceptors (Lipinski definition) is 8. The van der Waals surface area contributed by atoms with Crippen LogP contribution < -0.4 is 4.74 Å². The van der Waals surface area contributed by atoms with Crippen molar-refractivity contribution in [1.29, 1.82) is 0 Å². The zero-order valence-corrected chi connectivity index (χ0v) is 17.1. The van der Waals surface area contributed by atoms with E-state index in [-0.39, 0.29) is 46.7 Å². The summed E-state index contributed by atoms with van der Waals surface area (Å²) in [4.78, 5) is 50.4. The Morgan fingerprint density at radius 2 is 2.00 bits per heavy atom. The highest BCUT2D eigenvalue weighted by atomic mass is 32.2. The maximum atomic E-state index is 12.7. The highest BCUT2D eigenvalue weighted by Crippen LogP contribution is 2.39. The van der Waals surface area contributed by atoms with Gasteiger partial charge in [0.25, 0.3) is 16.8 Å². The van der Waals surface area contributed by atoms with Gasteiger partial charge in [0.2, 0.25) is 5.91 Å². The molecule has 0 bridgehead atoms. The van der Waals surface area contributed by atoms with Gasteiger partial charge in [-0.2, -0.15) is 0 Å². The Morgan fingerprint density at radius 1 is 1.30 bits per heavy atom. The molecule has 2 aliphatic heterocycles. The number of nitro benzene ring substituents is 1. The van der Waals surface area contributed by atoms with Gasteiger partial charge in [-0.1, -0.05) is 0 Å². The Morgan fingerprint density at radius 3 is 2.63 bits per heavy atom. The number of carbonyl (C=O) groups excluding carboxylic acids is 3. The maximum Gasteiger partial charge on any atom is 0.294 e. The van der Waals surface area contributed by atoms with Crippen LogP contribution >= 0.6 is 11.8 Å². The van der Waals surface area contributed by atoms with Crippen molar-refractivity contribution in [3.63, 3.8) is 0 Å². The number of nitrogens with zero attached hydrogens (tertiary/aromatic N) is 3. The van der Waals surface area contributed by atoms with Gasteiger partial charge < -0.3 is 14.7 Å². The van der Waals surface area contributed by atoms with Gasteiger partial charge >= 0.3 is 0 Å². The summed E-state index contributed by atoms with van der Waals surface area (Å²) in [6, 6.07) is 2.17. The molecule has 160 valence electrons. The van der Waals surface area contributed by atoms with Gasteiger partial charge in [-0.05, 0) is 44.0 Å². The Bertz CT molecular complexity index is 925. The molecule has 1 aromatic carbocycles. The first-order valence-electron chi connectivity index (χ1n) is 9.49. The number of phenols is 1. The second kappa shape index (κ2) is 9.16. The summed E-state index contributed by atoms with van der Waals surface area (Å²) in [6.45, 7) is 2.68. The topological polar surface area (TPSA) is 130 Å². The molecule has 0 unspecified atom stereocenters. The van der Waals surface area contributed by atoms with Crippen LogP contribution in [0.1, 0.15) is 31.7 Å². The standard InChI is InChI=1S/C19H21N3O7S/c1-2-29-14-10-13(22(27)28)8-12(17(14)24)9-15-18(25)21(19(26)30-15)11-16(23)20-6-4-3-5-7-20/h8-10,24H,2-7,11H2,1H3/b15-9-. The number of aromatic hydroxyl groups is 1. The normalized spacial score (nSPS) is 18.2. The lowest BCUT2D eigenvalue weighted by atomic mass is 10.1. The van der Waals surface area contributed by atoms with Crippen LogP contribution in [0.15, 0.2) is 17.0 Å². The lowest BCUT2D eigenvalue weighted by Gasteiger charge is -2.27. The molecular formula is C19H21N3O7S. The molecule has 0 saturated carbocycles. The van der Waals surface area contributed by atoms with E-state index in [9.17, 15) is 29.6 Å². The van der Waals surface area contributed by atoms with E-state index in [0.717, 1.165) is 36.3 Å². The van der Waals surface area contributed by atoms with Crippen LogP contribution in [-0.4, -0.2) is 63.1 Å². The molecule has 1 N–H and O–H groups in total. The number of piperidine rings is 1. The fourth-order valence-electron chi connectivity index (χ4n) is 3.25. The summed E-state index contributed by atoms with van der Waals surface area (Å²) in [5, 5.41) is 20.9. The Balaban J connectivity index is 1.84. The first-order valence-corrected chi connectivity index (χ1v) is 10.3. The minimum absolute atomic E-state index is 0.0273. The number of thioether (sulfide) groups is 1. The minimum Gasteiger partial charge on any atom is -0.504 e. The molecule has 0 radical (unpaired) electrons. The monoisotopic (exact) mass is 435 g/mol. The van der Waals surface area contributed by atoms with E-state index in [1.54, 1.807) is 11.8 Å². The molecule has 10 nitrogen and oxygen atoms in total. The molecule has 0 aromatic heterocycles. The van der Waals surface area contributed by atoms with E-state index in [0.29, 0.717) is 24.9 Å². The number of imide groups is 1. The van der Waals surface area contributed by atoms with Gasteiger partial charge in [0.1, 0.15) is 6.54 Å². The number of likely N-dealkylation sites (tertiary alicyclic amines) is 1. The average molecular weight is 435 g/mol. The predicted octanol–water partition coefficient (Wildman–Crippen LogP) is 2.75. The molecule has 3 rings (SSSR count). The number of hydrogen-bond donors (Lipinski definition) is 1. The third kappa shape index (κ3) is 4.56. The largest absolute Gasteiger partial charge is 0.504 e. The van der Waals surface area contributed by atoms with Crippen molar-refractivity contribution in [3.05, 3.63) is 32.7 Å². The molecule has 2 fully saturated rings. The second-order valence-corrected chi connectivity index (χ2v) is 7.77. The third-order valence-electron chi connectivity index (χ3n) is 4.76. The summed E-state index contributed by atoms with van der Waals surface area (Å²) >= 11 is 0.613. The molecule has 11 heteroatoms. The first-order chi connectivity index (χ1) is 14.3. The number of rotatable bonds is 6. The zero-order chi connectivity index (χ0) is 21.8. The van der Waals surface area contributed by atoms with Crippen LogP contribution in [-0.2, 0) is 9.59 Å². The van der Waals surface area contributed by atoms with E-state index in [1.165, 1.54) is 6.08 Å². The number of non-ortho nitro benzene ring substituents is 1. The Kier molecular flexibility index (Phi) is 6.60. The molecule has 2 saturated heterocycles. The van der Waals surface area contributed by atoms with Gasteiger partial charge in [-0.15, -0.1) is 0 Å². The van der Waals surface area contributed by atoms with Crippen LogP contribution in [0, 0.1) is 10.1 Å². The van der Waals surface area contributed by atoms with Crippen molar-refractivity contribution in [1.82, 2.24) is 9.80 Å². The molecule has 2 heterocycles. The zero-order valence-electron chi connectivity index (χ0n) is 16.3. The molecule has 2 aliphatic rings. The molecule has 0 atom stereocenters.